The third kappa shape index (κ3) is 4.34. The molecule has 0 saturated carbocycles. The van der Waals surface area contributed by atoms with Crippen molar-refractivity contribution in [1.82, 2.24) is 0 Å². The zero-order chi connectivity index (χ0) is 17.4. The van der Waals surface area contributed by atoms with Gasteiger partial charge in [0.05, 0.1) is 10.5 Å². The van der Waals surface area contributed by atoms with Crippen molar-refractivity contribution in [2.45, 2.75) is 16.3 Å². The fourth-order valence-electron chi connectivity index (χ4n) is 1.10. The Labute approximate surface area is 121 Å². The Bertz CT molecular complexity index is 736. The zero-order valence-electron chi connectivity index (χ0n) is 10.2. The smallest absolute Gasteiger partial charge is 0.281 e. The van der Waals surface area contributed by atoms with Gasteiger partial charge < -0.3 is 0 Å². The zero-order valence-corrected chi connectivity index (χ0v) is 11.8. The average molecular weight is 370 g/mol. The first kappa shape index (κ1) is 18.7. The normalized spacial score (nSPS) is 14.1. The van der Waals surface area contributed by atoms with Crippen LogP contribution in [0.4, 0.5) is 22.0 Å². The maximum atomic E-state index is 12.8. The number of hydrogen-bond acceptors (Lipinski definition) is 5. The molecule has 0 radical (unpaired) electrons. The molecule has 1 N–H and O–H groups in total. The van der Waals surface area contributed by atoms with E-state index in [1.165, 1.54) is 0 Å². The van der Waals surface area contributed by atoms with Gasteiger partial charge in [-0.2, -0.15) is 38.8 Å². The second-order valence-electron chi connectivity index (χ2n) is 3.85. The molecular formula is C9H7F5O6S2. The van der Waals surface area contributed by atoms with Crippen LogP contribution in [0.15, 0.2) is 29.2 Å². The lowest BCUT2D eigenvalue weighted by atomic mass is 10.2. The molecule has 0 atom stereocenters. The number of hydrogen-bond donors (Lipinski definition) is 1. The fraction of sp³-hybridized carbons (Fsp3) is 0.333. The van der Waals surface area contributed by atoms with Crippen LogP contribution in [-0.2, 0) is 30.6 Å². The van der Waals surface area contributed by atoms with E-state index in [-0.39, 0.29) is 0 Å². The number of alkyl halides is 5. The quantitative estimate of drug-likeness (QED) is 0.483. The fourth-order valence-corrected chi connectivity index (χ4v) is 2.29. The summed E-state index contributed by atoms with van der Waals surface area (Å²) in [5.74, 6) is 0. The predicted octanol–water partition coefficient (Wildman–Crippen LogP) is 1.89. The van der Waals surface area contributed by atoms with Crippen molar-refractivity contribution in [2.24, 2.45) is 0 Å². The highest BCUT2D eigenvalue weighted by atomic mass is 32.2. The highest BCUT2D eigenvalue weighted by Gasteiger charge is 2.46. The third-order valence-corrected chi connectivity index (χ3v) is 4.38. The molecular weight excluding hydrogens is 363 g/mol. The summed E-state index contributed by atoms with van der Waals surface area (Å²) in [4.78, 5) is -0.897. The minimum Gasteiger partial charge on any atom is -0.281 e. The molecule has 0 bridgehead atoms. The monoisotopic (exact) mass is 370 g/mol. The minimum atomic E-state index is -5.90. The molecule has 1 rings (SSSR count). The van der Waals surface area contributed by atoms with Gasteiger partial charge in [-0.1, -0.05) is 0 Å². The molecule has 6 nitrogen and oxygen atoms in total. The number of benzene rings is 1. The van der Waals surface area contributed by atoms with Crippen LogP contribution in [0.3, 0.4) is 0 Å². The topological polar surface area (TPSA) is 97.7 Å². The first-order chi connectivity index (χ1) is 9.67. The molecule has 0 aliphatic rings. The minimum absolute atomic E-state index is 0.372. The molecule has 0 aromatic heterocycles. The van der Waals surface area contributed by atoms with E-state index in [1.807, 2.05) is 0 Å². The Kier molecular flexibility index (Phi) is 4.87. The summed E-state index contributed by atoms with van der Waals surface area (Å²) >= 11 is 0. The Morgan fingerprint density at radius 1 is 0.955 bits per heavy atom. The van der Waals surface area contributed by atoms with Crippen LogP contribution < -0.4 is 0 Å². The van der Waals surface area contributed by atoms with E-state index in [4.69, 9.17) is 4.55 Å². The van der Waals surface area contributed by atoms with Crippen molar-refractivity contribution in [3.8, 4) is 0 Å². The van der Waals surface area contributed by atoms with Gasteiger partial charge >= 0.3 is 21.5 Å². The lowest BCUT2D eigenvalue weighted by molar-refractivity contribution is -0.137. The largest absolute Gasteiger partial charge is 0.416 e. The standard InChI is InChI=1S/C9H7F5O6S2/c10-8(11,22(17,18)19)5-20-21(15,16)7-3-1-6(2-4-7)9(12,13)14/h1-4H,5H2,(H,17,18,19). The summed E-state index contributed by atoms with van der Waals surface area (Å²) in [5, 5.41) is -4.90. The van der Waals surface area contributed by atoms with E-state index in [2.05, 4.69) is 4.18 Å². The first-order valence-corrected chi connectivity index (χ1v) is 7.93. The van der Waals surface area contributed by atoms with E-state index >= 15 is 0 Å². The molecule has 0 unspecified atom stereocenters. The first-order valence-electron chi connectivity index (χ1n) is 5.08. The second kappa shape index (κ2) is 5.72. The van der Waals surface area contributed by atoms with E-state index in [1.54, 1.807) is 0 Å². The van der Waals surface area contributed by atoms with Gasteiger partial charge in [0.15, 0.2) is 0 Å². The predicted molar refractivity (Wildman–Crippen MR) is 61.1 cm³/mol. The molecule has 0 amide bonds. The highest BCUT2D eigenvalue weighted by Crippen LogP contribution is 2.30. The second-order valence-corrected chi connectivity index (χ2v) is 7.01. The van der Waals surface area contributed by atoms with Gasteiger partial charge in [0.2, 0.25) is 0 Å². The van der Waals surface area contributed by atoms with Crippen molar-refractivity contribution in [3.05, 3.63) is 29.8 Å². The Morgan fingerprint density at radius 2 is 1.41 bits per heavy atom. The molecule has 0 aliphatic heterocycles. The highest BCUT2D eigenvalue weighted by molar-refractivity contribution is 7.87. The van der Waals surface area contributed by atoms with Crippen LogP contribution in [0.25, 0.3) is 0 Å². The van der Waals surface area contributed by atoms with Crippen LogP contribution in [0, 0.1) is 0 Å². The van der Waals surface area contributed by atoms with Crippen LogP contribution in [-0.4, -0.2) is 33.2 Å². The van der Waals surface area contributed by atoms with E-state index in [0.717, 1.165) is 0 Å². The Morgan fingerprint density at radius 3 is 1.77 bits per heavy atom. The van der Waals surface area contributed by atoms with Crippen molar-refractivity contribution in [1.29, 1.82) is 0 Å². The SMILES string of the molecule is O=S(=O)(OCC(F)(F)S(=O)(=O)O)c1ccc(C(F)(F)F)cc1. The maximum Gasteiger partial charge on any atom is 0.416 e. The Balaban J connectivity index is 2.97. The van der Waals surface area contributed by atoms with Crippen LogP contribution >= 0.6 is 0 Å². The molecule has 13 heteroatoms. The van der Waals surface area contributed by atoms with Crippen molar-refractivity contribution in [3.63, 3.8) is 0 Å². The van der Waals surface area contributed by atoms with Crippen LogP contribution in [0.2, 0.25) is 0 Å². The average Bonchev–Trinajstić information content (AvgIpc) is 2.34. The van der Waals surface area contributed by atoms with Gasteiger partial charge in [-0.15, -0.1) is 0 Å². The van der Waals surface area contributed by atoms with Crippen molar-refractivity contribution in [2.75, 3.05) is 6.61 Å². The molecule has 1 aromatic rings. The summed E-state index contributed by atoms with van der Waals surface area (Å²) in [7, 11) is -10.8. The van der Waals surface area contributed by atoms with Crippen LogP contribution in [0.1, 0.15) is 5.56 Å². The molecule has 126 valence electrons. The molecule has 0 heterocycles. The summed E-state index contributed by atoms with van der Waals surface area (Å²) in [6, 6.07) is 1.64. The molecule has 22 heavy (non-hydrogen) atoms. The molecule has 0 spiro atoms. The summed E-state index contributed by atoms with van der Waals surface area (Å²) in [5.41, 5.74) is -1.19. The molecule has 0 saturated heterocycles. The number of halogens is 5. The Hall–Kier alpha value is -1.31. The maximum absolute atomic E-state index is 12.8. The molecule has 0 aliphatic carbocycles. The van der Waals surface area contributed by atoms with Crippen LogP contribution in [0.5, 0.6) is 0 Å². The van der Waals surface area contributed by atoms with Gasteiger partial charge in [0, 0.05) is 0 Å². The summed E-state index contributed by atoms with van der Waals surface area (Å²) in [6.07, 6.45) is -4.73. The van der Waals surface area contributed by atoms with Crippen molar-refractivity contribution >= 4 is 20.2 Å². The van der Waals surface area contributed by atoms with Gasteiger partial charge in [0.25, 0.3) is 10.1 Å². The summed E-state index contributed by atoms with van der Waals surface area (Å²) in [6.45, 7) is -2.23. The van der Waals surface area contributed by atoms with Crippen molar-refractivity contribution < 1.29 is 47.5 Å². The lowest BCUT2D eigenvalue weighted by Gasteiger charge is -2.13. The van der Waals surface area contributed by atoms with Gasteiger partial charge in [-0.25, -0.2) is 0 Å². The van der Waals surface area contributed by atoms with E-state index in [9.17, 15) is 38.8 Å². The third-order valence-electron chi connectivity index (χ3n) is 2.23. The number of rotatable bonds is 5. The lowest BCUT2D eigenvalue weighted by Crippen LogP contribution is -2.34. The van der Waals surface area contributed by atoms with Gasteiger partial charge in [-0.3, -0.25) is 8.74 Å². The van der Waals surface area contributed by atoms with Gasteiger partial charge in [0.1, 0.15) is 6.61 Å². The summed E-state index contributed by atoms with van der Waals surface area (Å²) < 4.78 is 118. The molecule has 0 fully saturated rings. The van der Waals surface area contributed by atoms with E-state index in [0.29, 0.717) is 24.3 Å². The van der Waals surface area contributed by atoms with Gasteiger partial charge in [-0.05, 0) is 24.3 Å². The van der Waals surface area contributed by atoms with E-state index < -0.39 is 48.7 Å². The molecule has 1 aromatic carbocycles.